The topological polar surface area (TPSA) is 24.5 Å². The molecule has 0 amide bonds. The number of anilines is 1. The van der Waals surface area contributed by atoms with Gasteiger partial charge in [0.1, 0.15) is 5.75 Å². The van der Waals surface area contributed by atoms with E-state index in [1.54, 1.807) is 0 Å². The molecule has 1 heterocycles. The Morgan fingerprint density at radius 2 is 1.76 bits per heavy atom. The Morgan fingerprint density at radius 1 is 1.05 bits per heavy atom. The van der Waals surface area contributed by atoms with Crippen LogP contribution in [0.5, 0.6) is 5.75 Å². The van der Waals surface area contributed by atoms with Crippen LogP contribution in [0, 0.1) is 5.92 Å². The first-order chi connectivity index (χ1) is 10.2. The second-order valence-corrected chi connectivity index (χ2v) is 6.14. The number of ether oxygens (including phenoxy) is 1. The summed E-state index contributed by atoms with van der Waals surface area (Å²) >= 11 is 0. The van der Waals surface area contributed by atoms with Gasteiger partial charge in [0.2, 0.25) is 0 Å². The largest absolute Gasteiger partial charge is 0.493 e. The Hall–Kier alpha value is -1.74. The van der Waals surface area contributed by atoms with E-state index in [1.165, 1.54) is 16.5 Å². The van der Waals surface area contributed by atoms with Gasteiger partial charge in [0.15, 0.2) is 0 Å². The molecule has 0 bridgehead atoms. The predicted octanol–water partition coefficient (Wildman–Crippen LogP) is 3.28. The molecule has 1 aliphatic heterocycles. The summed E-state index contributed by atoms with van der Waals surface area (Å²) in [7, 11) is 0. The second kappa shape index (κ2) is 6.35. The fourth-order valence-electron chi connectivity index (χ4n) is 2.68. The number of nitrogens with one attached hydrogen (secondary N) is 1. The van der Waals surface area contributed by atoms with Crippen molar-refractivity contribution in [1.29, 1.82) is 0 Å². The Kier molecular flexibility index (Phi) is 4.30. The van der Waals surface area contributed by atoms with E-state index < -0.39 is 0 Å². The Bertz CT molecular complexity index is 603. The lowest BCUT2D eigenvalue weighted by molar-refractivity contribution is 0.271. The Morgan fingerprint density at radius 3 is 2.52 bits per heavy atom. The van der Waals surface area contributed by atoms with Crippen LogP contribution in [-0.4, -0.2) is 32.8 Å². The summed E-state index contributed by atoms with van der Waals surface area (Å²) in [6.45, 7) is 9.41. The number of fused-ring (bicyclic) bond motifs is 1. The highest BCUT2D eigenvalue weighted by Gasteiger charge is 2.10. The summed E-state index contributed by atoms with van der Waals surface area (Å²) < 4.78 is 5.80. The van der Waals surface area contributed by atoms with Crippen LogP contribution in [0.25, 0.3) is 10.8 Å². The molecule has 1 aliphatic rings. The molecule has 0 unspecified atom stereocenters. The maximum Gasteiger partial charge on any atom is 0.119 e. The average molecular weight is 284 g/mol. The lowest BCUT2D eigenvalue weighted by atomic mass is 10.1. The highest BCUT2D eigenvalue weighted by Crippen LogP contribution is 2.26. The Labute approximate surface area is 126 Å². The molecule has 0 aliphatic carbocycles. The Balaban J connectivity index is 1.80. The first kappa shape index (κ1) is 14.2. The second-order valence-electron chi connectivity index (χ2n) is 6.14. The molecule has 0 saturated carbocycles. The molecule has 2 aromatic rings. The standard InChI is InChI=1S/C18H24N2O/c1-14(2)13-21-18-6-4-15-11-17(5-3-16(15)12-18)20-9-7-19-8-10-20/h3-6,11-12,14,19H,7-10,13H2,1-2H3. The van der Waals surface area contributed by atoms with Crippen LogP contribution in [-0.2, 0) is 0 Å². The first-order valence-corrected chi connectivity index (χ1v) is 7.84. The molecular formula is C18H24N2O. The molecule has 1 saturated heterocycles. The van der Waals surface area contributed by atoms with Crippen LogP contribution >= 0.6 is 0 Å². The summed E-state index contributed by atoms with van der Waals surface area (Å²) in [6.07, 6.45) is 0. The lowest BCUT2D eigenvalue weighted by Crippen LogP contribution is -2.43. The molecule has 0 spiro atoms. The molecule has 2 aromatic carbocycles. The predicted molar refractivity (Wildman–Crippen MR) is 89.4 cm³/mol. The van der Waals surface area contributed by atoms with Crippen molar-refractivity contribution in [3.8, 4) is 5.75 Å². The SMILES string of the molecule is CC(C)COc1ccc2cc(N3CCNCC3)ccc2c1. The molecule has 21 heavy (non-hydrogen) atoms. The molecule has 0 aromatic heterocycles. The van der Waals surface area contributed by atoms with Crippen LogP contribution in [0.15, 0.2) is 36.4 Å². The van der Waals surface area contributed by atoms with Crippen LogP contribution in [0.4, 0.5) is 5.69 Å². The fourth-order valence-corrected chi connectivity index (χ4v) is 2.68. The van der Waals surface area contributed by atoms with Crippen LogP contribution < -0.4 is 15.0 Å². The average Bonchev–Trinajstić information content (AvgIpc) is 2.53. The van der Waals surface area contributed by atoms with Crippen molar-refractivity contribution < 1.29 is 4.74 Å². The molecule has 3 rings (SSSR count). The molecule has 112 valence electrons. The third kappa shape index (κ3) is 3.48. The van der Waals surface area contributed by atoms with E-state index in [0.29, 0.717) is 5.92 Å². The monoisotopic (exact) mass is 284 g/mol. The summed E-state index contributed by atoms with van der Waals surface area (Å²) in [6, 6.07) is 13.1. The van der Waals surface area contributed by atoms with Gasteiger partial charge < -0.3 is 15.0 Å². The van der Waals surface area contributed by atoms with Gasteiger partial charge in [-0.2, -0.15) is 0 Å². The lowest BCUT2D eigenvalue weighted by Gasteiger charge is -2.29. The minimum Gasteiger partial charge on any atom is -0.493 e. The summed E-state index contributed by atoms with van der Waals surface area (Å²) in [5.41, 5.74) is 1.32. The fraction of sp³-hybridized carbons (Fsp3) is 0.444. The number of nitrogens with zero attached hydrogens (tertiary/aromatic N) is 1. The van der Waals surface area contributed by atoms with E-state index in [-0.39, 0.29) is 0 Å². The molecule has 1 fully saturated rings. The zero-order valence-electron chi connectivity index (χ0n) is 12.9. The number of hydrogen-bond donors (Lipinski definition) is 1. The summed E-state index contributed by atoms with van der Waals surface area (Å²) in [4.78, 5) is 2.44. The van der Waals surface area contributed by atoms with Crippen LogP contribution in [0.2, 0.25) is 0 Å². The van der Waals surface area contributed by atoms with Crippen molar-refractivity contribution in [2.45, 2.75) is 13.8 Å². The highest BCUT2D eigenvalue weighted by molar-refractivity contribution is 5.87. The van der Waals surface area contributed by atoms with Crippen molar-refractivity contribution in [3.63, 3.8) is 0 Å². The summed E-state index contributed by atoms with van der Waals surface area (Å²) in [5.74, 6) is 1.52. The van der Waals surface area contributed by atoms with Gasteiger partial charge >= 0.3 is 0 Å². The number of piperazine rings is 1. The molecule has 3 nitrogen and oxygen atoms in total. The molecular weight excluding hydrogens is 260 g/mol. The molecule has 3 heteroatoms. The quantitative estimate of drug-likeness (QED) is 0.932. The van der Waals surface area contributed by atoms with Crippen molar-refractivity contribution in [2.75, 3.05) is 37.7 Å². The maximum atomic E-state index is 5.80. The van der Waals surface area contributed by atoms with Gasteiger partial charge in [-0.3, -0.25) is 0 Å². The third-order valence-corrected chi connectivity index (χ3v) is 3.86. The molecule has 1 N–H and O–H groups in total. The van der Waals surface area contributed by atoms with Gasteiger partial charge in [-0.05, 0) is 41.0 Å². The van der Waals surface area contributed by atoms with E-state index >= 15 is 0 Å². The van der Waals surface area contributed by atoms with Gasteiger partial charge in [0.05, 0.1) is 6.61 Å². The zero-order chi connectivity index (χ0) is 14.7. The minimum atomic E-state index is 0.552. The highest BCUT2D eigenvalue weighted by atomic mass is 16.5. The van der Waals surface area contributed by atoms with E-state index in [9.17, 15) is 0 Å². The van der Waals surface area contributed by atoms with Crippen molar-refractivity contribution in [1.82, 2.24) is 5.32 Å². The summed E-state index contributed by atoms with van der Waals surface area (Å²) in [5, 5.41) is 5.92. The van der Waals surface area contributed by atoms with Crippen LogP contribution in [0.3, 0.4) is 0 Å². The molecule has 0 radical (unpaired) electrons. The van der Waals surface area contributed by atoms with Crippen LogP contribution in [0.1, 0.15) is 13.8 Å². The van der Waals surface area contributed by atoms with E-state index in [1.807, 2.05) is 0 Å². The third-order valence-electron chi connectivity index (χ3n) is 3.86. The number of rotatable bonds is 4. The van der Waals surface area contributed by atoms with Crippen molar-refractivity contribution in [2.24, 2.45) is 5.92 Å². The van der Waals surface area contributed by atoms with Crippen molar-refractivity contribution in [3.05, 3.63) is 36.4 Å². The van der Waals surface area contributed by atoms with Gasteiger partial charge in [0.25, 0.3) is 0 Å². The molecule has 0 atom stereocenters. The number of benzene rings is 2. The van der Waals surface area contributed by atoms with Gasteiger partial charge in [-0.25, -0.2) is 0 Å². The van der Waals surface area contributed by atoms with E-state index in [0.717, 1.165) is 38.5 Å². The van der Waals surface area contributed by atoms with Gasteiger partial charge in [0, 0.05) is 31.9 Å². The maximum absolute atomic E-state index is 5.80. The normalized spacial score (nSPS) is 15.7. The van der Waals surface area contributed by atoms with Gasteiger partial charge in [-0.15, -0.1) is 0 Å². The first-order valence-electron chi connectivity index (χ1n) is 7.84. The van der Waals surface area contributed by atoms with Crippen molar-refractivity contribution >= 4 is 16.5 Å². The van der Waals surface area contributed by atoms with E-state index in [2.05, 4.69) is 60.5 Å². The zero-order valence-corrected chi connectivity index (χ0v) is 12.9. The minimum absolute atomic E-state index is 0.552. The van der Waals surface area contributed by atoms with E-state index in [4.69, 9.17) is 4.74 Å². The van der Waals surface area contributed by atoms with Gasteiger partial charge in [-0.1, -0.05) is 26.0 Å². The number of hydrogen-bond acceptors (Lipinski definition) is 3. The smallest absolute Gasteiger partial charge is 0.119 e.